The molecule has 5 aromatic rings. The maximum Gasteiger partial charge on any atom is 0.459 e. The fraction of sp³-hybridized carbons (Fsp3) is 0.353. The molecule has 2 aromatic heterocycles. The standard InChI is InChI=1S/C34H38IN6O9PS/c1-34(45)27(42)25(49-31(34)41-28-26(37-32(41)35)29(47-2)39-33(36)38-28)18-48-51(46,50-24-15-9-13-20-12-7-8-14-22(20)24)40-23(30(43)44)17-21(52-3)16-19-10-5-4-6-11-19/h4-15,21,23,25,27,31,42,45H,16-18H2,1-3H3,(H,40,46)(H,43,44)(H2,36,38,39)/t21?,23-,25+,27+,31+,34+,51?/m0/s1. The van der Waals surface area contributed by atoms with Crippen LogP contribution in [0.5, 0.6) is 11.6 Å². The highest BCUT2D eigenvalue weighted by Gasteiger charge is 2.55. The molecular weight excluding hydrogens is 826 g/mol. The van der Waals surface area contributed by atoms with Gasteiger partial charge in [-0.05, 0) is 43.0 Å². The number of aromatic nitrogens is 4. The van der Waals surface area contributed by atoms with E-state index in [1.807, 2.05) is 77.4 Å². The molecule has 0 bridgehead atoms. The first-order chi connectivity index (χ1) is 24.8. The SMILES string of the molecule is COc1nc(N)nc2c1nc(I)n2[C@@H]1O[C@H](COP(=O)(N[C@@H](CC(Cc2ccccc2)SC)C(=O)O)Oc2cccc3ccccc23)[C@@H](O)[C@@]1(C)O. The molecule has 1 fully saturated rings. The van der Waals surface area contributed by atoms with Crippen molar-refractivity contribution in [2.45, 2.75) is 55.1 Å². The number of nitrogens with zero attached hydrogens (tertiary/aromatic N) is 4. The Kier molecular flexibility index (Phi) is 11.6. The van der Waals surface area contributed by atoms with Gasteiger partial charge in [-0.3, -0.25) is 13.9 Å². The molecule has 0 aliphatic carbocycles. The molecule has 7 atom stereocenters. The summed E-state index contributed by atoms with van der Waals surface area (Å²) >= 11 is 3.41. The number of carboxylic acids is 1. The van der Waals surface area contributed by atoms with E-state index in [4.69, 9.17) is 24.3 Å². The first-order valence-electron chi connectivity index (χ1n) is 16.1. The molecule has 0 radical (unpaired) electrons. The molecule has 3 heterocycles. The smallest absolute Gasteiger partial charge is 0.459 e. The second-order valence-electron chi connectivity index (χ2n) is 12.4. The molecular formula is C34H38IN6O9PS. The third kappa shape index (κ3) is 8.01. The van der Waals surface area contributed by atoms with E-state index in [0.29, 0.717) is 15.6 Å². The number of nitrogens with one attached hydrogen (secondary N) is 1. The summed E-state index contributed by atoms with van der Waals surface area (Å²) < 4.78 is 40.0. The van der Waals surface area contributed by atoms with E-state index < -0.39 is 50.4 Å². The summed E-state index contributed by atoms with van der Waals surface area (Å²) in [6.45, 7) is 0.793. The number of aliphatic hydroxyl groups is 2. The summed E-state index contributed by atoms with van der Waals surface area (Å²) in [6.07, 6.45) is -1.59. The number of aliphatic hydroxyl groups excluding tert-OH is 1. The van der Waals surface area contributed by atoms with Gasteiger partial charge >= 0.3 is 13.7 Å². The summed E-state index contributed by atoms with van der Waals surface area (Å²) in [5, 5.41) is 37.3. The van der Waals surface area contributed by atoms with Crippen LogP contribution in [-0.2, 0) is 25.0 Å². The molecule has 6 N–H and O–H groups in total. The number of benzene rings is 3. The Morgan fingerprint density at radius 2 is 1.85 bits per heavy atom. The molecule has 15 nitrogen and oxygen atoms in total. The number of aliphatic carboxylic acids is 1. The number of thioether (sulfide) groups is 1. The van der Waals surface area contributed by atoms with Crippen LogP contribution in [-0.4, -0.2) is 89.9 Å². The van der Waals surface area contributed by atoms with Crippen molar-refractivity contribution in [2.24, 2.45) is 0 Å². The minimum absolute atomic E-state index is 0.0809. The topological polar surface area (TPSA) is 213 Å². The molecule has 2 unspecified atom stereocenters. The first kappa shape index (κ1) is 38.2. The summed E-state index contributed by atoms with van der Waals surface area (Å²) in [5.41, 5.74) is 5.43. The number of nitrogens with two attached hydrogens (primary N) is 1. The summed E-state index contributed by atoms with van der Waals surface area (Å²) in [7, 11) is -3.16. The number of hydrogen-bond donors (Lipinski definition) is 5. The molecule has 52 heavy (non-hydrogen) atoms. The van der Waals surface area contributed by atoms with Crippen molar-refractivity contribution < 1.29 is 43.2 Å². The Hall–Kier alpha value is -3.55. The zero-order chi connectivity index (χ0) is 37.2. The number of rotatable bonds is 15. The van der Waals surface area contributed by atoms with Gasteiger partial charge in [-0.1, -0.05) is 66.7 Å². The van der Waals surface area contributed by atoms with Gasteiger partial charge in [0.2, 0.25) is 11.8 Å². The number of carboxylic acid groups (broad SMARTS) is 1. The predicted octanol–water partition coefficient (Wildman–Crippen LogP) is 4.80. The van der Waals surface area contributed by atoms with Crippen LogP contribution in [0.4, 0.5) is 5.95 Å². The van der Waals surface area contributed by atoms with Crippen molar-refractivity contribution in [2.75, 3.05) is 25.7 Å². The highest BCUT2D eigenvalue weighted by Crippen LogP contribution is 2.49. The lowest BCUT2D eigenvalue weighted by Gasteiger charge is -2.28. The Labute approximate surface area is 317 Å². The fourth-order valence-electron chi connectivity index (χ4n) is 6.11. The molecule has 18 heteroatoms. The van der Waals surface area contributed by atoms with E-state index in [1.165, 1.54) is 30.4 Å². The lowest BCUT2D eigenvalue weighted by molar-refractivity contribution is -0.139. The highest BCUT2D eigenvalue weighted by atomic mass is 127. The van der Waals surface area contributed by atoms with Crippen LogP contribution in [0, 0.1) is 3.83 Å². The molecule has 3 aromatic carbocycles. The largest absolute Gasteiger partial charge is 0.480 e. The fourth-order valence-corrected chi connectivity index (χ4v) is 9.12. The van der Waals surface area contributed by atoms with Crippen molar-refractivity contribution in [3.8, 4) is 11.6 Å². The molecule has 1 aliphatic rings. The highest BCUT2D eigenvalue weighted by molar-refractivity contribution is 14.1. The van der Waals surface area contributed by atoms with Gasteiger partial charge in [-0.25, -0.2) is 9.55 Å². The third-order valence-corrected chi connectivity index (χ3v) is 12.1. The summed E-state index contributed by atoms with van der Waals surface area (Å²) in [6, 6.07) is 20.8. The van der Waals surface area contributed by atoms with Gasteiger partial charge in [0.05, 0.1) is 13.7 Å². The average molecular weight is 865 g/mol. The Morgan fingerprint density at radius 1 is 1.13 bits per heavy atom. The van der Waals surface area contributed by atoms with E-state index >= 15 is 0 Å². The molecule has 0 spiro atoms. The normalized spacial score (nSPS) is 22.6. The van der Waals surface area contributed by atoms with Crippen LogP contribution in [0.25, 0.3) is 21.9 Å². The van der Waals surface area contributed by atoms with Crippen molar-refractivity contribution in [1.29, 1.82) is 0 Å². The third-order valence-electron chi connectivity index (χ3n) is 8.79. The van der Waals surface area contributed by atoms with Crippen LogP contribution in [0.3, 0.4) is 0 Å². The number of anilines is 1. The van der Waals surface area contributed by atoms with Crippen molar-refractivity contribution >= 4 is 76.0 Å². The second-order valence-corrected chi connectivity index (χ2v) is 16.2. The molecule has 6 rings (SSSR count). The van der Waals surface area contributed by atoms with Crippen molar-refractivity contribution in [3.63, 3.8) is 0 Å². The minimum Gasteiger partial charge on any atom is -0.480 e. The minimum atomic E-state index is -4.56. The Balaban J connectivity index is 1.29. The van der Waals surface area contributed by atoms with Crippen LogP contribution < -0.4 is 20.1 Å². The molecule has 1 saturated heterocycles. The number of imidazole rings is 1. The van der Waals surface area contributed by atoms with E-state index in [0.717, 1.165) is 10.9 Å². The molecule has 0 saturated carbocycles. The van der Waals surface area contributed by atoms with Gasteiger partial charge in [-0.15, -0.1) is 0 Å². The van der Waals surface area contributed by atoms with E-state index in [9.17, 15) is 24.7 Å². The monoisotopic (exact) mass is 864 g/mol. The lowest BCUT2D eigenvalue weighted by Crippen LogP contribution is -2.45. The number of ether oxygens (including phenoxy) is 2. The Morgan fingerprint density at radius 3 is 2.56 bits per heavy atom. The zero-order valence-corrected chi connectivity index (χ0v) is 32.2. The van der Waals surface area contributed by atoms with Gasteiger partial charge in [-0.2, -0.15) is 26.8 Å². The van der Waals surface area contributed by atoms with E-state index in [-0.39, 0.29) is 40.4 Å². The van der Waals surface area contributed by atoms with Crippen molar-refractivity contribution in [1.82, 2.24) is 24.6 Å². The van der Waals surface area contributed by atoms with Crippen LogP contribution in [0.2, 0.25) is 0 Å². The average Bonchev–Trinajstić information content (AvgIpc) is 3.56. The van der Waals surface area contributed by atoms with Crippen LogP contribution in [0.1, 0.15) is 25.1 Å². The van der Waals surface area contributed by atoms with E-state index in [2.05, 4.69) is 20.0 Å². The van der Waals surface area contributed by atoms with Gasteiger partial charge in [0.25, 0.3) is 0 Å². The van der Waals surface area contributed by atoms with Crippen LogP contribution in [0.15, 0.2) is 72.8 Å². The number of methoxy groups -OCH3 is 1. The summed E-state index contributed by atoms with van der Waals surface area (Å²) in [5.74, 6) is -1.07. The van der Waals surface area contributed by atoms with Crippen LogP contribution >= 0.6 is 42.1 Å². The first-order valence-corrected chi connectivity index (χ1v) is 20.0. The number of halogens is 1. The van der Waals surface area contributed by atoms with Gasteiger partial charge in [0, 0.05) is 33.2 Å². The number of fused-ring (bicyclic) bond motifs is 2. The Bertz CT molecular complexity index is 2100. The maximum absolute atomic E-state index is 14.8. The maximum atomic E-state index is 14.8. The molecule has 0 amide bonds. The van der Waals surface area contributed by atoms with Crippen molar-refractivity contribution in [3.05, 3.63) is 82.2 Å². The quantitative estimate of drug-likeness (QED) is 0.0544. The van der Waals surface area contributed by atoms with E-state index in [1.54, 1.807) is 24.3 Å². The lowest BCUT2D eigenvalue weighted by atomic mass is 9.96. The number of hydrogen-bond acceptors (Lipinski definition) is 13. The summed E-state index contributed by atoms with van der Waals surface area (Å²) in [4.78, 5) is 25.5. The second kappa shape index (κ2) is 15.8. The number of nitrogen functional groups attached to an aromatic ring is 1. The van der Waals surface area contributed by atoms with Gasteiger partial charge < -0.3 is 35.1 Å². The molecule has 276 valence electrons. The predicted molar refractivity (Wildman–Crippen MR) is 204 cm³/mol. The van der Waals surface area contributed by atoms with Gasteiger partial charge in [0.15, 0.2) is 21.2 Å². The van der Waals surface area contributed by atoms with Gasteiger partial charge in [0.1, 0.15) is 29.6 Å². The number of carbonyl (C=O) groups is 1. The zero-order valence-electron chi connectivity index (χ0n) is 28.3. The molecule has 1 aliphatic heterocycles.